The molecule has 2 aromatic carbocycles. The van der Waals surface area contributed by atoms with E-state index in [1.165, 1.54) is 0 Å². The molecule has 0 atom stereocenters. The number of rotatable bonds is 8. The van der Waals surface area contributed by atoms with Crippen LogP contribution in [-0.4, -0.2) is 51.1 Å². The molecule has 0 unspecified atom stereocenters. The number of ether oxygens (including phenoxy) is 1. The van der Waals surface area contributed by atoms with Crippen LogP contribution in [0.25, 0.3) is 0 Å². The Morgan fingerprint density at radius 2 is 1.71 bits per heavy atom. The molecule has 0 bridgehead atoms. The number of nitrogens with one attached hydrogen (secondary N) is 2. The number of carbonyl (C=O) groups is 2. The maximum absolute atomic E-state index is 13.1. The summed E-state index contributed by atoms with van der Waals surface area (Å²) in [6.45, 7) is 3.21. The summed E-state index contributed by atoms with van der Waals surface area (Å²) in [5, 5.41) is 8.04. The molecule has 1 aromatic heterocycles. The van der Waals surface area contributed by atoms with Crippen molar-refractivity contribution in [2.75, 3.05) is 48.4 Å². The van der Waals surface area contributed by atoms with Gasteiger partial charge in [0.2, 0.25) is 5.91 Å². The van der Waals surface area contributed by atoms with E-state index in [9.17, 15) is 9.59 Å². The third-order valence-electron chi connectivity index (χ3n) is 6.40. The second kappa shape index (κ2) is 10.4. The van der Waals surface area contributed by atoms with Crippen LogP contribution in [0.1, 0.15) is 28.1 Å². The molecule has 3 aromatic rings. The van der Waals surface area contributed by atoms with Crippen molar-refractivity contribution in [3.63, 3.8) is 0 Å². The Labute approximate surface area is 209 Å². The second-order valence-corrected chi connectivity index (χ2v) is 9.96. The number of para-hydroxylation sites is 2. The van der Waals surface area contributed by atoms with Gasteiger partial charge in [-0.25, -0.2) is 0 Å². The van der Waals surface area contributed by atoms with Crippen LogP contribution >= 0.6 is 11.3 Å². The quantitative estimate of drug-likeness (QED) is 0.496. The zero-order chi connectivity index (χ0) is 24.2. The molecular formula is C27H30N4O3S. The van der Waals surface area contributed by atoms with Crippen LogP contribution in [0.4, 0.5) is 17.1 Å². The molecule has 2 fully saturated rings. The molecule has 2 heterocycles. The van der Waals surface area contributed by atoms with Gasteiger partial charge in [-0.2, -0.15) is 0 Å². The Morgan fingerprint density at radius 3 is 2.40 bits per heavy atom. The maximum Gasteiger partial charge on any atom is 0.253 e. The molecule has 2 aliphatic rings. The monoisotopic (exact) mass is 490 g/mol. The lowest BCUT2D eigenvalue weighted by molar-refractivity contribution is -0.115. The first-order chi connectivity index (χ1) is 17.1. The fourth-order valence-corrected chi connectivity index (χ4v) is 5.12. The van der Waals surface area contributed by atoms with E-state index in [0.29, 0.717) is 17.7 Å². The zero-order valence-corrected chi connectivity index (χ0v) is 20.6. The van der Waals surface area contributed by atoms with Gasteiger partial charge in [0.25, 0.3) is 5.91 Å². The highest BCUT2D eigenvalue weighted by atomic mass is 32.1. The summed E-state index contributed by atoms with van der Waals surface area (Å²) in [5.74, 6) is 0.705. The van der Waals surface area contributed by atoms with Crippen molar-refractivity contribution in [2.24, 2.45) is 0 Å². The predicted molar refractivity (Wildman–Crippen MR) is 141 cm³/mol. The number of thiophene rings is 1. The minimum Gasteiger partial charge on any atom is -0.495 e. The number of hydrogen-bond acceptors (Lipinski definition) is 6. The molecule has 0 radical (unpaired) electrons. The Bertz CT molecular complexity index is 1180. The molecule has 1 aliphatic carbocycles. The predicted octanol–water partition coefficient (Wildman–Crippen LogP) is 4.16. The summed E-state index contributed by atoms with van der Waals surface area (Å²) in [6.07, 6.45) is 2.37. The lowest BCUT2D eigenvalue weighted by atomic mass is 10.1. The van der Waals surface area contributed by atoms with Crippen molar-refractivity contribution < 1.29 is 14.3 Å². The number of hydrogen-bond donors (Lipinski definition) is 2. The normalized spacial score (nSPS) is 15.6. The standard InChI is InChI=1S/C27H30N4O3S/c1-34-25-7-3-2-6-24(25)31-14-12-30(13-15-31)23-11-10-20(17-22(23)27(33)29-19-8-9-19)28-26(32)18-21-5-4-16-35-21/h2-7,10-11,16-17,19H,8-9,12-15,18H2,1H3,(H,28,32)(H,29,33). The summed E-state index contributed by atoms with van der Waals surface area (Å²) in [7, 11) is 1.70. The third-order valence-corrected chi connectivity index (χ3v) is 7.27. The Morgan fingerprint density at radius 1 is 0.971 bits per heavy atom. The van der Waals surface area contributed by atoms with E-state index >= 15 is 0 Å². The van der Waals surface area contributed by atoms with E-state index in [-0.39, 0.29) is 17.9 Å². The number of benzene rings is 2. The highest BCUT2D eigenvalue weighted by Gasteiger charge is 2.28. The van der Waals surface area contributed by atoms with Crippen LogP contribution in [0, 0.1) is 0 Å². The van der Waals surface area contributed by atoms with Crippen LogP contribution in [-0.2, 0) is 11.2 Å². The summed E-state index contributed by atoms with van der Waals surface area (Å²) < 4.78 is 5.54. The first-order valence-corrected chi connectivity index (χ1v) is 12.9. The van der Waals surface area contributed by atoms with Gasteiger partial charge in [-0.1, -0.05) is 18.2 Å². The van der Waals surface area contributed by atoms with Crippen molar-refractivity contribution >= 4 is 40.2 Å². The van der Waals surface area contributed by atoms with Crippen molar-refractivity contribution in [3.8, 4) is 5.75 Å². The lowest BCUT2D eigenvalue weighted by Crippen LogP contribution is -2.47. The average molecular weight is 491 g/mol. The van der Waals surface area contributed by atoms with Gasteiger partial charge >= 0.3 is 0 Å². The highest BCUT2D eigenvalue weighted by Crippen LogP contribution is 2.31. The smallest absolute Gasteiger partial charge is 0.253 e. The lowest BCUT2D eigenvalue weighted by Gasteiger charge is -2.38. The van der Waals surface area contributed by atoms with E-state index < -0.39 is 0 Å². The average Bonchev–Trinajstić information content (AvgIpc) is 3.55. The molecule has 1 saturated carbocycles. The fraction of sp³-hybridized carbons (Fsp3) is 0.333. The number of piperazine rings is 1. The Hall–Kier alpha value is -3.52. The van der Waals surface area contributed by atoms with E-state index in [1.807, 2.05) is 53.9 Å². The molecule has 2 N–H and O–H groups in total. The molecule has 7 nitrogen and oxygen atoms in total. The Balaban J connectivity index is 1.32. The summed E-state index contributed by atoms with van der Waals surface area (Å²) in [4.78, 5) is 31.3. The van der Waals surface area contributed by atoms with Crippen molar-refractivity contribution in [1.82, 2.24) is 5.32 Å². The van der Waals surface area contributed by atoms with Gasteiger partial charge < -0.3 is 25.2 Å². The van der Waals surface area contributed by atoms with Gasteiger partial charge in [0, 0.05) is 48.5 Å². The highest BCUT2D eigenvalue weighted by molar-refractivity contribution is 7.10. The first kappa shape index (κ1) is 23.2. The number of anilines is 3. The molecule has 1 saturated heterocycles. The summed E-state index contributed by atoms with van der Waals surface area (Å²) in [6, 6.07) is 17.9. The zero-order valence-electron chi connectivity index (χ0n) is 19.8. The van der Waals surface area contributed by atoms with Crippen LogP contribution in [0.3, 0.4) is 0 Å². The second-order valence-electron chi connectivity index (χ2n) is 8.93. The van der Waals surface area contributed by atoms with Crippen LogP contribution in [0.2, 0.25) is 0 Å². The number of methoxy groups -OCH3 is 1. The van der Waals surface area contributed by atoms with E-state index in [4.69, 9.17) is 4.74 Å². The molecule has 2 amide bonds. The molecule has 8 heteroatoms. The largest absolute Gasteiger partial charge is 0.495 e. The van der Waals surface area contributed by atoms with Crippen LogP contribution in [0.5, 0.6) is 5.75 Å². The molecule has 5 rings (SSSR count). The number of carbonyl (C=O) groups excluding carboxylic acids is 2. The van der Waals surface area contributed by atoms with Gasteiger partial charge in [0.05, 0.1) is 24.8 Å². The minimum absolute atomic E-state index is 0.0796. The van der Waals surface area contributed by atoms with Gasteiger partial charge in [-0.3, -0.25) is 9.59 Å². The Kier molecular flexibility index (Phi) is 6.90. The minimum atomic E-state index is -0.0841. The molecule has 35 heavy (non-hydrogen) atoms. The van der Waals surface area contributed by atoms with Crippen LogP contribution < -0.4 is 25.2 Å². The van der Waals surface area contributed by atoms with E-state index in [1.54, 1.807) is 18.4 Å². The number of amides is 2. The van der Waals surface area contributed by atoms with Crippen molar-refractivity contribution in [3.05, 3.63) is 70.4 Å². The molecule has 182 valence electrons. The molecule has 1 aliphatic heterocycles. The summed E-state index contributed by atoms with van der Waals surface area (Å²) in [5.41, 5.74) is 3.24. The first-order valence-electron chi connectivity index (χ1n) is 12.0. The molecular weight excluding hydrogens is 460 g/mol. The van der Waals surface area contributed by atoms with Gasteiger partial charge in [0.1, 0.15) is 5.75 Å². The van der Waals surface area contributed by atoms with Gasteiger partial charge in [-0.15, -0.1) is 11.3 Å². The van der Waals surface area contributed by atoms with Crippen LogP contribution in [0.15, 0.2) is 60.0 Å². The topological polar surface area (TPSA) is 73.9 Å². The fourth-order valence-electron chi connectivity index (χ4n) is 4.42. The van der Waals surface area contributed by atoms with Crippen molar-refractivity contribution in [1.29, 1.82) is 0 Å². The SMILES string of the molecule is COc1ccccc1N1CCN(c2ccc(NC(=O)Cc3cccs3)cc2C(=O)NC2CC2)CC1. The van der Waals surface area contributed by atoms with Crippen molar-refractivity contribution in [2.45, 2.75) is 25.3 Å². The summed E-state index contributed by atoms with van der Waals surface area (Å²) >= 11 is 1.56. The van der Waals surface area contributed by atoms with E-state index in [2.05, 4.69) is 26.5 Å². The van der Waals surface area contributed by atoms with Gasteiger partial charge in [-0.05, 0) is 54.6 Å². The number of nitrogens with zero attached hydrogens (tertiary/aromatic N) is 2. The third kappa shape index (κ3) is 5.59. The van der Waals surface area contributed by atoms with Gasteiger partial charge in [0.15, 0.2) is 0 Å². The maximum atomic E-state index is 13.1. The molecule has 0 spiro atoms. The van der Waals surface area contributed by atoms with E-state index in [0.717, 1.165) is 61.0 Å².